The third-order valence-corrected chi connectivity index (χ3v) is 3.36. The molecule has 0 saturated heterocycles. The molecule has 0 aromatic heterocycles. The second kappa shape index (κ2) is 6.93. The number of benzene rings is 2. The second-order valence-corrected chi connectivity index (χ2v) is 5.17. The summed E-state index contributed by atoms with van der Waals surface area (Å²) >= 11 is 11.5. The van der Waals surface area contributed by atoms with Gasteiger partial charge in [0.1, 0.15) is 0 Å². The van der Waals surface area contributed by atoms with Gasteiger partial charge in [0.15, 0.2) is 5.82 Å². The Labute approximate surface area is 127 Å². The molecule has 5 heteroatoms. The number of methoxy groups -OCH3 is 1. The number of hydrogen-bond acceptors (Lipinski definition) is 2. The van der Waals surface area contributed by atoms with Gasteiger partial charge in [-0.15, -0.1) is 0 Å². The van der Waals surface area contributed by atoms with E-state index in [-0.39, 0.29) is 10.0 Å². The van der Waals surface area contributed by atoms with Gasteiger partial charge in [0.25, 0.3) is 0 Å². The summed E-state index contributed by atoms with van der Waals surface area (Å²) < 4.78 is 18.3. The molecule has 106 valence electrons. The van der Waals surface area contributed by atoms with Crippen LogP contribution in [0.15, 0.2) is 36.4 Å². The van der Waals surface area contributed by atoms with Crippen molar-refractivity contribution in [2.45, 2.75) is 13.2 Å². The summed E-state index contributed by atoms with van der Waals surface area (Å²) in [5.41, 5.74) is 2.90. The molecule has 20 heavy (non-hydrogen) atoms. The van der Waals surface area contributed by atoms with Crippen molar-refractivity contribution in [3.05, 3.63) is 63.4 Å². The van der Waals surface area contributed by atoms with Crippen LogP contribution in [0.2, 0.25) is 10.0 Å². The van der Waals surface area contributed by atoms with Gasteiger partial charge in [-0.25, -0.2) is 4.39 Å². The van der Waals surface area contributed by atoms with Gasteiger partial charge in [-0.3, -0.25) is 0 Å². The zero-order valence-corrected chi connectivity index (χ0v) is 12.4. The minimum atomic E-state index is -0.595. The lowest BCUT2D eigenvalue weighted by Crippen LogP contribution is -2.00. The summed E-state index contributed by atoms with van der Waals surface area (Å²) in [7, 11) is 1.66. The molecule has 0 aliphatic heterocycles. The predicted octanol–water partition coefficient (Wildman–Crippen LogP) is 4.89. The van der Waals surface area contributed by atoms with Gasteiger partial charge in [0, 0.05) is 19.3 Å². The first-order chi connectivity index (χ1) is 9.60. The van der Waals surface area contributed by atoms with Crippen LogP contribution in [-0.2, 0) is 17.9 Å². The van der Waals surface area contributed by atoms with Crippen molar-refractivity contribution in [1.29, 1.82) is 0 Å². The molecule has 0 fully saturated rings. The van der Waals surface area contributed by atoms with Gasteiger partial charge in [-0.05, 0) is 23.3 Å². The lowest BCUT2D eigenvalue weighted by molar-refractivity contribution is 0.185. The monoisotopic (exact) mass is 313 g/mol. The molecule has 0 atom stereocenters. The van der Waals surface area contributed by atoms with E-state index in [9.17, 15) is 4.39 Å². The van der Waals surface area contributed by atoms with E-state index >= 15 is 0 Å². The highest BCUT2D eigenvalue weighted by molar-refractivity contribution is 6.35. The first kappa shape index (κ1) is 15.1. The van der Waals surface area contributed by atoms with Crippen molar-refractivity contribution in [1.82, 2.24) is 0 Å². The number of nitrogens with one attached hydrogen (secondary N) is 1. The highest BCUT2D eigenvalue weighted by Crippen LogP contribution is 2.27. The van der Waals surface area contributed by atoms with Crippen molar-refractivity contribution in [2.75, 3.05) is 12.4 Å². The van der Waals surface area contributed by atoms with Crippen molar-refractivity contribution in [3.8, 4) is 0 Å². The molecule has 2 nitrogen and oxygen atoms in total. The minimum Gasteiger partial charge on any atom is -0.381 e. The summed E-state index contributed by atoms with van der Waals surface area (Å²) in [6.45, 7) is 1.20. The lowest BCUT2D eigenvalue weighted by atomic mass is 10.1. The average Bonchev–Trinajstić information content (AvgIpc) is 2.44. The minimum absolute atomic E-state index is 0.00967. The summed E-state index contributed by atoms with van der Waals surface area (Å²) in [6.07, 6.45) is 0. The SMILES string of the molecule is COCc1ccc(CNc2cc(Cl)c(F)c(Cl)c2)cc1. The van der Waals surface area contributed by atoms with E-state index in [1.807, 2.05) is 24.3 Å². The second-order valence-electron chi connectivity index (χ2n) is 4.36. The van der Waals surface area contributed by atoms with E-state index in [2.05, 4.69) is 5.32 Å². The van der Waals surface area contributed by atoms with Gasteiger partial charge in [0.05, 0.1) is 16.7 Å². The van der Waals surface area contributed by atoms with Crippen LogP contribution in [0.25, 0.3) is 0 Å². The van der Waals surface area contributed by atoms with Crippen LogP contribution in [0.1, 0.15) is 11.1 Å². The van der Waals surface area contributed by atoms with Crippen LogP contribution in [0, 0.1) is 5.82 Å². The van der Waals surface area contributed by atoms with E-state index in [0.29, 0.717) is 18.8 Å². The third kappa shape index (κ3) is 3.85. The van der Waals surface area contributed by atoms with Crippen LogP contribution < -0.4 is 5.32 Å². The molecule has 0 aliphatic rings. The lowest BCUT2D eigenvalue weighted by Gasteiger charge is -2.09. The van der Waals surface area contributed by atoms with Gasteiger partial charge >= 0.3 is 0 Å². The Morgan fingerprint density at radius 1 is 1.05 bits per heavy atom. The first-order valence-electron chi connectivity index (χ1n) is 6.05. The average molecular weight is 314 g/mol. The normalized spacial score (nSPS) is 10.6. The van der Waals surface area contributed by atoms with E-state index in [1.54, 1.807) is 7.11 Å². The van der Waals surface area contributed by atoms with Gasteiger partial charge < -0.3 is 10.1 Å². The number of anilines is 1. The molecule has 0 bridgehead atoms. The number of rotatable bonds is 5. The van der Waals surface area contributed by atoms with E-state index in [4.69, 9.17) is 27.9 Å². The molecule has 0 amide bonds. The molecule has 2 rings (SSSR count). The molecule has 0 heterocycles. The van der Waals surface area contributed by atoms with Crippen LogP contribution in [-0.4, -0.2) is 7.11 Å². The van der Waals surface area contributed by atoms with Gasteiger partial charge in [0.2, 0.25) is 0 Å². The fourth-order valence-corrected chi connectivity index (χ4v) is 2.27. The molecule has 0 aliphatic carbocycles. The first-order valence-corrected chi connectivity index (χ1v) is 6.81. The van der Waals surface area contributed by atoms with Crippen molar-refractivity contribution >= 4 is 28.9 Å². The Balaban J connectivity index is 2.01. The molecule has 0 spiro atoms. The largest absolute Gasteiger partial charge is 0.381 e. The van der Waals surface area contributed by atoms with E-state index in [0.717, 1.165) is 11.1 Å². The smallest absolute Gasteiger partial charge is 0.160 e. The topological polar surface area (TPSA) is 21.3 Å². The summed E-state index contributed by atoms with van der Waals surface area (Å²) in [4.78, 5) is 0. The summed E-state index contributed by atoms with van der Waals surface area (Å²) in [5, 5.41) is 3.17. The van der Waals surface area contributed by atoms with Crippen molar-refractivity contribution in [3.63, 3.8) is 0 Å². The zero-order valence-electron chi connectivity index (χ0n) is 10.9. The quantitative estimate of drug-likeness (QED) is 0.793. The molecule has 2 aromatic rings. The Bertz CT molecular complexity index is 564. The Hall–Kier alpha value is -1.29. The Kier molecular flexibility index (Phi) is 5.24. The Morgan fingerprint density at radius 3 is 2.15 bits per heavy atom. The molecule has 0 unspecified atom stereocenters. The number of ether oxygens (including phenoxy) is 1. The molecule has 0 radical (unpaired) electrons. The molecule has 0 saturated carbocycles. The standard InChI is InChI=1S/C15H14Cl2FNO/c1-20-9-11-4-2-10(3-5-11)8-19-12-6-13(16)15(18)14(17)7-12/h2-7,19H,8-9H2,1H3. The highest BCUT2D eigenvalue weighted by atomic mass is 35.5. The van der Waals surface area contributed by atoms with E-state index < -0.39 is 5.82 Å². The molecular weight excluding hydrogens is 300 g/mol. The molecule has 1 N–H and O–H groups in total. The van der Waals surface area contributed by atoms with Crippen molar-refractivity contribution < 1.29 is 9.13 Å². The van der Waals surface area contributed by atoms with Gasteiger partial charge in [-0.1, -0.05) is 47.5 Å². The Morgan fingerprint density at radius 2 is 1.60 bits per heavy atom. The van der Waals surface area contributed by atoms with Crippen LogP contribution >= 0.6 is 23.2 Å². The van der Waals surface area contributed by atoms with Crippen LogP contribution in [0.3, 0.4) is 0 Å². The molecular formula is C15H14Cl2FNO. The summed E-state index contributed by atoms with van der Waals surface area (Å²) in [5.74, 6) is -0.595. The summed E-state index contributed by atoms with van der Waals surface area (Å²) in [6, 6.07) is 11.1. The fourth-order valence-electron chi connectivity index (χ4n) is 1.78. The zero-order chi connectivity index (χ0) is 14.5. The van der Waals surface area contributed by atoms with Crippen LogP contribution in [0.4, 0.5) is 10.1 Å². The number of halogens is 3. The maximum Gasteiger partial charge on any atom is 0.160 e. The van der Waals surface area contributed by atoms with Crippen LogP contribution in [0.5, 0.6) is 0 Å². The fraction of sp³-hybridized carbons (Fsp3) is 0.200. The highest BCUT2D eigenvalue weighted by Gasteiger charge is 2.07. The van der Waals surface area contributed by atoms with Gasteiger partial charge in [-0.2, -0.15) is 0 Å². The maximum absolute atomic E-state index is 13.3. The number of hydrogen-bond donors (Lipinski definition) is 1. The third-order valence-electron chi connectivity index (χ3n) is 2.81. The molecule has 2 aromatic carbocycles. The van der Waals surface area contributed by atoms with E-state index in [1.165, 1.54) is 12.1 Å². The maximum atomic E-state index is 13.3. The predicted molar refractivity (Wildman–Crippen MR) is 80.9 cm³/mol. The van der Waals surface area contributed by atoms with Crippen molar-refractivity contribution in [2.24, 2.45) is 0 Å².